The second kappa shape index (κ2) is 6.89. The van der Waals surface area contributed by atoms with E-state index in [0.717, 1.165) is 53.7 Å². The highest BCUT2D eigenvalue weighted by molar-refractivity contribution is 7.12. The maximum atomic E-state index is 9.77. The Morgan fingerprint density at radius 3 is 2.92 bits per heavy atom. The van der Waals surface area contributed by atoms with Crippen LogP contribution in [0.25, 0.3) is 16.8 Å². The van der Waals surface area contributed by atoms with Crippen LogP contribution in [0.4, 0.5) is 0 Å². The van der Waals surface area contributed by atoms with Gasteiger partial charge in [-0.25, -0.2) is 4.98 Å². The summed E-state index contributed by atoms with van der Waals surface area (Å²) in [4.78, 5) is 4.41. The molecule has 0 fully saturated rings. The predicted molar refractivity (Wildman–Crippen MR) is 102 cm³/mol. The summed E-state index contributed by atoms with van der Waals surface area (Å²) in [6.07, 6.45) is 8.11. The fraction of sp³-hybridized carbons (Fsp3) is 0.368. The lowest BCUT2D eigenvalue weighted by Gasteiger charge is -2.06. The highest BCUT2D eigenvalue weighted by atomic mass is 32.1. The molecule has 132 valence electrons. The Balaban J connectivity index is 1.77. The van der Waals surface area contributed by atoms with E-state index in [-0.39, 0.29) is 0 Å². The van der Waals surface area contributed by atoms with Gasteiger partial charge in [-0.1, -0.05) is 6.42 Å². The number of allylic oxidation sites excluding steroid dienone is 1. The summed E-state index contributed by atoms with van der Waals surface area (Å²) in [5, 5.41) is 21.3. The molecule has 1 aliphatic heterocycles. The zero-order valence-electron chi connectivity index (χ0n) is 14.9. The smallest absolute Gasteiger partial charge is 0.193 e. The summed E-state index contributed by atoms with van der Waals surface area (Å²) >= 11 is 1.60. The van der Waals surface area contributed by atoms with E-state index in [2.05, 4.69) is 50.3 Å². The van der Waals surface area contributed by atoms with E-state index in [1.807, 2.05) is 11.5 Å². The van der Waals surface area contributed by atoms with E-state index in [4.69, 9.17) is 0 Å². The Hall–Kier alpha value is -2.72. The maximum absolute atomic E-state index is 9.77. The summed E-state index contributed by atoms with van der Waals surface area (Å²) in [5.74, 6) is 1.68. The van der Waals surface area contributed by atoms with Gasteiger partial charge in [-0.2, -0.15) is 5.26 Å². The standard InChI is InChI=1S/C19H20N6S/c1-13-10-15(14(2)25(13)19-21-7-9-26-19)11-16(12-20)18-23-22-17-6-4-3-5-8-24(17)18/h7,9-11H,3-6,8H2,1-2H3/b16-11+. The Kier molecular flexibility index (Phi) is 4.43. The molecule has 0 spiro atoms. The maximum Gasteiger partial charge on any atom is 0.193 e. The number of rotatable bonds is 3. The first-order valence-electron chi connectivity index (χ1n) is 8.82. The third-order valence-electron chi connectivity index (χ3n) is 4.85. The molecular weight excluding hydrogens is 344 g/mol. The molecule has 0 aromatic carbocycles. The van der Waals surface area contributed by atoms with E-state index in [1.165, 1.54) is 6.42 Å². The molecule has 4 rings (SSSR count). The number of nitriles is 1. The predicted octanol–water partition coefficient (Wildman–Crippen LogP) is 3.93. The minimum absolute atomic E-state index is 0.560. The molecule has 0 aliphatic carbocycles. The van der Waals surface area contributed by atoms with Gasteiger partial charge >= 0.3 is 0 Å². The molecule has 1 aliphatic rings. The molecule has 0 atom stereocenters. The van der Waals surface area contributed by atoms with Crippen LogP contribution in [0.3, 0.4) is 0 Å². The number of fused-ring (bicyclic) bond motifs is 1. The number of hydrogen-bond donors (Lipinski definition) is 0. The normalized spacial score (nSPS) is 14.7. The largest absolute Gasteiger partial charge is 0.310 e. The number of aromatic nitrogens is 5. The first-order chi connectivity index (χ1) is 12.7. The van der Waals surface area contributed by atoms with Gasteiger partial charge in [0.2, 0.25) is 0 Å². The Labute approximate surface area is 156 Å². The van der Waals surface area contributed by atoms with Gasteiger partial charge in [0.15, 0.2) is 11.0 Å². The molecule has 4 heterocycles. The van der Waals surface area contributed by atoms with Crippen LogP contribution < -0.4 is 0 Å². The fourth-order valence-electron chi connectivity index (χ4n) is 3.54. The van der Waals surface area contributed by atoms with Crippen molar-refractivity contribution in [3.63, 3.8) is 0 Å². The SMILES string of the molecule is Cc1cc(/C=C(\C#N)c2nnc3n2CCCCC3)c(C)n1-c1nccs1. The van der Waals surface area contributed by atoms with Crippen LogP contribution in [0.2, 0.25) is 0 Å². The third-order valence-corrected chi connectivity index (χ3v) is 5.61. The van der Waals surface area contributed by atoms with Crippen molar-refractivity contribution in [2.24, 2.45) is 0 Å². The molecule has 6 nitrogen and oxygen atoms in total. The van der Waals surface area contributed by atoms with Crippen LogP contribution in [0.5, 0.6) is 0 Å². The van der Waals surface area contributed by atoms with Gasteiger partial charge in [-0.3, -0.25) is 4.57 Å². The quantitative estimate of drug-likeness (QED) is 0.660. The summed E-state index contributed by atoms with van der Waals surface area (Å²) < 4.78 is 4.23. The topological polar surface area (TPSA) is 72.3 Å². The number of thiazole rings is 1. The molecule has 0 N–H and O–H groups in total. The first kappa shape index (κ1) is 16.7. The van der Waals surface area contributed by atoms with E-state index in [1.54, 1.807) is 17.5 Å². The molecule has 0 saturated carbocycles. The average Bonchev–Trinajstić information content (AvgIpc) is 3.30. The molecule has 7 heteroatoms. The highest BCUT2D eigenvalue weighted by Gasteiger charge is 2.19. The first-order valence-corrected chi connectivity index (χ1v) is 9.70. The second-order valence-corrected chi connectivity index (χ2v) is 7.42. The van der Waals surface area contributed by atoms with Crippen molar-refractivity contribution in [2.75, 3.05) is 0 Å². The highest BCUT2D eigenvalue weighted by Crippen LogP contribution is 2.26. The Morgan fingerprint density at radius 1 is 1.27 bits per heavy atom. The summed E-state index contributed by atoms with van der Waals surface area (Å²) in [5.41, 5.74) is 3.74. The van der Waals surface area contributed by atoms with Gasteiger partial charge in [0.1, 0.15) is 11.9 Å². The van der Waals surface area contributed by atoms with Crippen LogP contribution >= 0.6 is 11.3 Å². The van der Waals surface area contributed by atoms with Gasteiger partial charge in [0, 0.05) is 35.9 Å². The van der Waals surface area contributed by atoms with Gasteiger partial charge in [0.05, 0.1) is 5.57 Å². The van der Waals surface area contributed by atoms with Crippen molar-refractivity contribution in [2.45, 2.75) is 46.1 Å². The minimum Gasteiger partial charge on any atom is -0.310 e. The summed E-state index contributed by atoms with van der Waals surface area (Å²) in [7, 11) is 0. The van der Waals surface area contributed by atoms with Crippen LogP contribution in [-0.2, 0) is 13.0 Å². The van der Waals surface area contributed by atoms with E-state index in [9.17, 15) is 5.26 Å². The summed E-state index contributed by atoms with van der Waals surface area (Å²) in [6.45, 7) is 5.00. The van der Waals surface area contributed by atoms with Crippen LogP contribution in [0.15, 0.2) is 17.6 Å². The number of aryl methyl sites for hydroxylation is 2. The zero-order valence-corrected chi connectivity index (χ0v) is 15.8. The Morgan fingerprint density at radius 2 is 2.15 bits per heavy atom. The van der Waals surface area contributed by atoms with Crippen LogP contribution in [0, 0.1) is 25.2 Å². The molecule has 0 radical (unpaired) electrons. The molecule has 3 aromatic rings. The average molecular weight is 364 g/mol. The van der Waals surface area contributed by atoms with Gasteiger partial charge in [-0.15, -0.1) is 21.5 Å². The van der Waals surface area contributed by atoms with Crippen molar-refractivity contribution in [3.8, 4) is 11.2 Å². The monoisotopic (exact) mass is 364 g/mol. The van der Waals surface area contributed by atoms with Gasteiger partial charge in [-0.05, 0) is 44.4 Å². The number of hydrogen-bond acceptors (Lipinski definition) is 5. The lowest BCUT2D eigenvalue weighted by molar-refractivity contribution is 0.627. The molecule has 0 saturated heterocycles. The molecular formula is C19H20N6S. The van der Waals surface area contributed by atoms with E-state index in [0.29, 0.717) is 11.4 Å². The van der Waals surface area contributed by atoms with Crippen molar-refractivity contribution < 1.29 is 0 Å². The molecule has 0 unspecified atom stereocenters. The summed E-state index contributed by atoms with van der Waals surface area (Å²) in [6, 6.07) is 4.42. The van der Waals surface area contributed by atoms with Crippen LogP contribution in [-0.4, -0.2) is 24.3 Å². The molecule has 0 amide bonds. The third kappa shape index (κ3) is 2.86. The van der Waals surface area contributed by atoms with E-state index >= 15 is 0 Å². The second-order valence-electron chi connectivity index (χ2n) is 6.55. The molecule has 26 heavy (non-hydrogen) atoms. The van der Waals surface area contributed by atoms with E-state index < -0.39 is 0 Å². The van der Waals surface area contributed by atoms with Crippen molar-refractivity contribution in [1.82, 2.24) is 24.3 Å². The van der Waals surface area contributed by atoms with Crippen molar-refractivity contribution in [1.29, 1.82) is 5.26 Å². The van der Waals surface area contributed by atoms with Crippen molar-refractivity contribution >= 4 is 23.0 Å². The molecule has 0 bridgehead atoms. The molecule has 3 aromatic heterocycles. The lowest BCUT2D eigenvalue weighted by Crippen LogP contribution is -2.05. The zero-order chi connectivity index (χ0) is 18.1. The lowest BCUT2D eigenvalue weighted by atomic mass is 10.1. The fourth-order valence-corrected chi connectivity index (χ4v) is 4.29. The van der Waals surface area contributed by atoms with Crippen molar-refractivity contribution in [3.05, 3.63) is 46.2 Å². The minimum atomic E-state index is 0.560. The van der Waals surface area contributed by atoms with Gasteiger partial charge < -0.3 is 4.57 Å². The van der Waals surface area contributed by atoms with Crippen LogP contribution in [0.1, 0.15) is 47.9 Å². The van der Waals surface area contributed by atoms with Gasteiger partial charge in [0.25, 0.3) is 0 Å². The number of nitrogens with zero attached hydrogens (tertiary/aromatic N) is 6. The Bertz CT molecular complexity index is 1000.